The molecule has 0 fully saturated rings. The fourth-order valence-corrected chi connectivity index (χ4v) is 4.20. The van der Waals surface area contributed by atoms with Crippen molar-refractivity contribution in [2.45, 2.75) is 25.2 Å². The van der Waals surface area contributed by atoms with Crippen LogP contribution >= 0.6 is 12.4 Å². The van der Waals surface area contributed by atoms with E-state index in [1.807, 2.05) is 67.7 Å². The molecule has 0 saturated carbocycles. The Morgan fingerprint density at radius 1 is 0.909 bits per heavy atom. The summed E-state index contributed by atoms with van der Waals surface area (Å²) in [6.07, 6.45) is 7.08. The molecule has 4 heteroatoms. The van der Waals surface area contributed by atoms with E-state index in [0.717, 1.165) is 30.6 Å². The maximum atomic E-state index is 13.9. The van der Waals surface area contributed by atoms with Gasteiger partial charge < -0.3 is 10.2 Å². The summed E-state index contributed by atoms with van der Waals surface area (Å²) in [5.41, 5.74) is 3.62. The quantitative estimate of drug-likeness (QED) is 0.340. The third kappa shape index (κ3) is 6.26. The number of nitrogens with one attached hydrogen (secondary N) is 1. The molecular formula is C29H33ClN2O. The van der Waals surface area contributed by atoms with Crippen LogP contribution in [0.25, 0.3) is 0 Å². The zero-order chi connectivity index (χ0) is 22.8. The lowest BCUT2D eigenvalue weighted by Gasteiger charge is -2.36. The van der Waals surface area contributed by atoms with Crippen molar-refractivity contribution in [3.8, 4) is 12.3 Å². The number of rotatable bonds is 10. The van der Waals surface area contributed by atoms with Crippen LogP contribution in [0, 0.1) is 19.3 Å². The zero-order valence-corrected chi connectivity index (χ0v) is 20.3. The summed E-state index contributed by atoms with van der Waals surface area (Å²) in [6, 6.07) is 28.2. The number of nitrogens with zero attached hydrogens (tertiary/aromatic N) is 1. The Bertz CT molecular complexity index is 1000. The highest BCUT2D eigenvalue weighted by Crippen LogP contribution is 2.37. The molecule has 0 aromatic heterocycles. The lowest BCUT2D eigenvalue weighted by Crippen LogP contribution is -2.48. The second-order valence-electron chi connectivity index (χ2n) is 8.17. The summed E-state index contributed by atoms with van der Waals surface area (Å²) >= 11 is 0. The SMILES string of the molecule is C#CCC(C(=O)N(C)CCNCCc1ccccc1C)(c1ccccc1)c1ccccc1.Cl. The van der Waals surface area contributed by atoms with E-state index >= 15 is 0 Å². The minimum Gasteiger partial charge on any atom is -0.343 e. The van der Waals surface area contributed by atoms with Crippen LogP contribution in [-0.4, -0.2) is 37.5 Å². The normalized spacial score (nSPS) is 10.7. The fourth-order valence-electron chi connectivity index (χ4n) is 4.20. The van der Waals surface area contributed by atoms with E-state index in [2.05, 4.69) is 42.4 Å². The maximum absolute atomic E-state index is 13.9. The highest BCUT2D eigenvalue weighted by atomic mass is 35.5. The average molecular weight is 461 g/mol. The molecule has 0 aliphatic rings. The van der Waals surface area contributed by atoms with Crippen LogP contribution in [0.15, 0.2) is 84.9 Å². The Labute approximate surface area is 204 Å². The molecule has 33 heavy (non-hydrogen) atoms. The Morgan fingerprint density at radius 3 is 2.00 bits per heavy atom. The average Bonchev–Trinajstić information content (AvgIpc) is 2.84. The van der Waals surface area contributed by atoms with Crippen molar-refractivity contribution in [3.05, 3.63) is 107 Å². The van der Waals surface area contributed by atoms with Crippen molar-refractivity contribution in [2.24, 2.45) is 0 Å². The minimum absolute atomic E-state index is 0. The van der Waals surface area contributed by atoms with Gasteiger partial charge in [-0.3, -0.25) is 4.79 Å². The number of carbonyl (C=O) groups is 1. The van der Waals surface area contributed by atoms with Crippen molar-refractivity contribution in [2.75, 3.05) is 26.7 Å². The number of aryl methyl sites for hydroxylation is 1. The Balaban J connectivity index is 0.00000385. The van der Waals surface area contributed by atoms with Crippen LogP contribution in [0.2, 0.25) is 0 Å². The van der Waals surface area contributed by atoms with E-state index in [1.165, 1.54) is 11.1 Å². The number of hydrogen-bond acceptors (Lipinski definition) is 2. The molecule has 0 bridgehead atoms. The van der Waals surface area contributed by atoms with Crippen LogP contribution in [0.3, 0.4) is 0 Å². The first-order valence-electron chi connectivity index (χ1n) is 11.1. The van der Waals surface area contributed by atoms with Gasteiger partial charge in [-0.2, -0.15) is 0 Å². The first-order valence-corrected chi connectivity index (χ1v) is 11.1. The molecule has 0 saturated heterocycles. The molecule has 3 aromatic carbocycles. The second kappa shape index (κ2) is 12.8. The number of amides is 1. The number of benzene rings is 3. The van der Waals surface area contributed by atoms with Crippen LogP contribution in [-0.2, 0) is 16.6 Å². The lowest BCUT2D eigenvalue weighted by molar-refractivity contribution is -0.134. The van der Waals surface area contributed by atoms with E-state index in [4.69, 9.17) is 6.42 Å². The number of terminal acetylenes is 1. The van der Waals surface area contributed by atoms with E-state index < -0.39 is 5.41 Å². The molecule has 0 aliphatic carbocycles. The topological polar surface area (TPSA) is 32.3 Å². The molecule has 0 heterocycles. The predicted molar refractivity (Wildman–Crippen MR) is 140 cm³/mol. The van der Waals surface area contributed by atoms with E-state index in [9.17, 15) is 4.79 Å². The Hall–Kier alpha value is -3.06. The number of likely N-dealkylation sites (N-methyl/N-ethyl adjacent to an activating group) is 1. The van der Waals surface area contributed by atoms with E-state index in [0.29, 0.717) is 13.0 Å². The summed E-state index contributed by atoms with van der Waals surface area (Å²) in [5.74, 6) is 2.80. The van der Waals surface area contributed by atoms with Gasteiger partial charge >= 0.3 is 0 Å². The Kier molecular flexibility index (Phi) is 10.2. The lowest BCUT2D eigenvalue weighted by atomic mass is 9.71. The molecule has 0 radical (unpaired) electrons. The van der Waals surface area contributed by atoms with Gasteiger partial charge in [0.15, 0.2) is 0 Å². The second-order valence-corrected chi connectivity index (χ2v) is 8.17. The molecular weight excluding hydrogens is 428 g/mol. The van der Waals surface area contributed by atoms with Crippen LogP contribution in [0.4, 0.5) is 0 Å². The predicted octanol–water partition coefficient (Wildman–Crippen LogP) is 5.02. The summed E-state index contributed by atoms with van der Waals surface area (Å²) < 4.78 is 0. The van der Waals surface area contributed by atoms with E-state index in [1.54, 1.807) is 4.90 Å². The molecule has 3 rings (SSSR count). The van der Waals surface area contributed by atoms with Gasteiger partial charge in [0.2, 0.25) is 5.91 Å². The molecule has 1 N–H and O–H groups in total. The van der Waals surface area contributed by atoms with Gasteiger partial charge in [-0.05, 0) is 42.1 Å². The van der Waals surface area contributed by atoms with Gasteiger partial charge in [-0.25, -0.2) is 0 Å². The van der Waals surface area contributed by atoms with Crippen molar-refractivity contribution in [1.29, 1.82) is 0 Å². The molecule has 1 amide bonds. The summed E-state index contributed by atoms with van der Waals surface area (Å²) in [4.78, 5) is 15.7. The number of carbonyl (C=O) groups excluding carboxylic acids is 1. The first kappa shape index (κ1) is 26.2. The smallest absolute Gasteiger partial charge is 0.238 e. The number of halogens is 1. The van der Waals surface area contributed by atoms with Gasteiger partial charge in [-0.1, -0.05) is 84.9 Å². The third-order valence-corrected chi connectivity index (χ3v) is 6.07. The maximum Gasteiger partial charge on any atom is 0.238 e. The largest absolute Gasteiger partial charge is 0.343 e. The molecule has 0 atom stereocenters. The standard InChI is InChI=1S/C29H32N2O.ClH/c1-4-20-29(26-15-7-5-8-16-26,27-17-9-6-10-18-27)28(32)31(3)23-22-30-21-19-25-14-12-11-13-24(25)2;/h1,5-18,30H,19-23H2,2-3H3;1H. The van der Waals surface area contributed by atoms with Gasteiger partial charge in [0.05, 0.1) is 0 Å². The van der Waals surface area contributed by atoms with Crippen molar-refractivity contribution in [1.82, 2.24) is 10.2 Å². The first-order chi connectivity index (χ1) is 15.6. The van der Waals surface area contributed by atoms with E-state index in [-0.39, 0.29) is 18.3 Å². The summed E-state index contributed by atoms with van der Waals surface area (Å²) in [7, 11) is 1.86. The van der Waals surface area contributed by atoms with Crippen molar-refractivity contribution >= 4 is 18.3 Å². The highest BCUT2D eigenvalue weighted by Gasteiger charge is 2.42. The van der Waals surface area contributed by atoms with Gasteiger partial charge in [0.1, 0.15) is 5.41 Å². The molecule has 0 unspecified atom stereocenters. The summed E-state index contributed by atoms with van der Waals surface area (Å²) in [6.45, 7) is 4.35. The van der Waals surface area contributed by atoms with Crippen molar-refractivity contribution in [3.63, 3.8) is 0 Å². The van der Waals surface area contributed by atoms with Crippen LogP contribution in [0.1, 0.15) is 28.7 Å². The summed E-state index contributed by atoms with van der Waals surface area (Å²) in [5, 5.41) is 3.48. The van der Waals surface area contributed by atoms with Crippen LogP contribution in [0.5, 0.6) is 0 Å². The Morgan fingerprint density at radius 2 is 1.45 bits per heavy atom. The van der Waals surface area contributed by atoms with Crippen molar-refractivity contribution < 1.29 is 4.79 Å². The van der Waals surface area contributed by atoms with Crippen LogP contribution < -0.4 is 5.32 Å². The molecule has 172 valence electrons. The van der Waals surface area contributed by atoms with Gasteiger partial charge in [0, 0.05) is 26.6 Å². The minimum atomic E-state index is -0.896. The van der Waals surface area contributed by atoms with Gasteiger partial charge in [-0.15, -0.1) is 24.8 Å². The number of hydrogen-bond donors (Lipinski definition) is 1. The molecule has 3 aromatic rings. The highest BCUT2D eigenvalue weighted by molar-refractivity contribution is 5.92. The fraction of sp³-hybridized carbons (Fsp3) is 0.276. The third-order valence-electron chi connectivity index (χ3n) is 6.07. The molecule has 0 spiro atoms. The van der Waals surface area contributed by atoms with Gasteiger partial charge in [0.25, 0.3) is 0 Å². The molecule has 0 aliphatic heterocycles. The molecule has 3 nitrogen and oxygen atoms in total. The zero-order valence-electron chi connectivity index (χ0n) is 19.5. The monoisotopic (exact) mass is 460 g/mol.